The molecular formula is C19H15N3OS4. The Kier molecular flexibility index (Phi) is 5.68. The molecule has 2 heterocycles. The summed E-state index contributed by atoms with van der Waals surface area (Å²) in [6, 6.07) is 17.9. The second kappa shape index (κ2) is 8.35. The molecule has 0 saturated carbocycles. The van der Waals surface area contributed by atoms with Gasteiger partial charge in [-0.3, -0.25) is 0 Å². The smallest absolute Gasteiger partial charge is 0.184 e. The summed E-state index contributed by atoms with van der Waals surface area (Å²) in [7, 11) is 1.67. The Hall–Kier alpha value is -2.00. The number of ether oxygens (including phenoxy) is 1. The molecule has 4 aromatic rings. The molecule has 0 fully saturated rings. The molecule has 0 unspecified atom stereocenters. The van der Waals surface area contributed by atoms with E-state index in [2.05, 4.69) is 10.5 Å². The Morgan fingerprint density at radius 2 is 1.89 bits per heavy atom. The highest BCUT2D eigenvalue weighted by atomic mass is 32.2. The second-order valence-corrected chi connectivity index (χ2v) is 9.25. The van der Waals surface area contributed by atoms with E-state index >= 15 is 0 Å². The zero-order chi connectivity index (χ0) is 18.6. The summed E-state index contributed by atoms with van der Waals surface area (Å²) < 4.78 is 8.71. The number of methoxy groups -OCH3 is 1. The highest BCUT2D eigenvalue weighted by molar-refractivity contribution is 8.00. The molecule has 0 bridgehead atoms. The Morgan fingerprint density at radius 1 is 1.11 bits per heavy atom. The minimum atomic E-state index is 0.751. The third-order valence-electron chi connectivity index (χ3n) is 3.76. The van der Waals surface area contributed by atoms with Crippen molar-refractivity contribution in [3.05, 3.63) is 69.6 Å². The van der Waals surface area contributed by atoms with Gasteiger partial charge < -0.3 is 4.74 Å². The maximum Gasteiger partial charge on any atom is 0.184 e. The predicted octanol–water partition coefficient (Wildman–Crippen LogP) is 6.09. The third-order valence-corrected chi connectivity index (χ3v) is 7.10. The lowest BCUT2D eigenvalue weighted by molar-refractivity contribution is 0.415. The summed E-state index contributed by atoms with van der Waals surface area (Å²) in [5.74, 6) is 1.62. The van der Waals surface area contributed by atoms with E-state index in [1.165, 1.54) is 11.3 Å². The van der Waals surface area contributed by atoms with E-state index in [-0.39, 0.29) is 0 Å². The van der Waals surface area contributed by atoms with Crippen LogP contribution in [0.4, 0.5) is 0 Å². The molecule has 0 N–H and O–H groups in total. The summed E-state index contributed by atoms with van der Waals surface area (Å²) >= 11 is 10.3. The molecule has 2 aromatic heterocycles. The number of hydrogen-bond acceptors (Lipinski definition) is 7. The van der Waals surface area contributed by atoms with Crippen molar-refractivity contribution in [1.29, 1.82) is 0 Å². The third kappa shape index (κ3) is 4.30. The normalized spacial score (nSPS) is 10.9. The van der Waals surface area contributed by atoms with E-state index in [1.54, 1.807) is 30.2 Å². The van der Waals surface area contributed by atoms with Gasteiger partial charge in [0, 0.05) is 16.7 Å². The van der Waals surface area contributed by atoms with Crippen LogP contribution in [0.15, 0.2) is 64.3 Å². The van der Waals surface area contributed by atoms with Crippen LogP contribution in [0.5, 0.6) is 5.75 Å². The van der Waals surface area contributed by atoms with Crippen molar-refractivity contribution in [2.45, 2.75) is 10.1 Å². The van der Waals surface area contributed by atoms with Crippen molar-refractivity contribution in [2.24, 2.45) is 0 Å². The minimum Gasteiger partial charge on any atom is -0.497 e. The fourth-order valence-corrected chi connectivity index (χ4v) is 5.61. The highest BCUT2D eigenvalue weighted by Crippen LogP contribution is 2.30. The van der Waals surface area contributed by atoms with Crippen molar-refractivity contribution in [2.75, 3.05) is 7.11 Å². The van der Waals surface area contributed by atoms with Crippen molar-refractivity contribution in [3.8, 4) is 22.0 Å². The largest absolute Gasteiger partial charge is 0.497 e. The number of rotatable bonds is 6. The quantitative estimate of drug-likeness (QED) is 0.274. The van der Waals surface area contributed by atoms with Crippen LogP contribution in [0.25, 0.3) is 16.3 Å². The molecule has 4 rings (SSSR count). The molecule has 0 saturated heterocycles. The Morgan fingerprint density at radius 3 is 2.63 bits per heavy atom. The van der Waals surface area contributed by atoms with Crippen LogP contribution in [-0.4, -0.2) is 21.9 Å². The van der Waals surface area contributed by atoms with E-state index in [0.29, 0.717) is 0 Å². The van der Waals surface area contributed by atoms with Crippen LogP contribution in [0.2, 0.25) is 0 Å². The molecule has 8 heteroatoms. The monoisotopic (exact) mass is 429 g/mol. The molecule has 136 valence electrons. The summed E-state index contributed by atoms with van der Waals surface area (Å²) in [5.41, 5.74) is 3.13. The Labute approximate surface area is 174 Å². The van der Waals surface area contributed by atoms with Crippen LogP contribution >= 0.6 is 46.7 Å². The molecule has 4 nitrogen and oxygen atoms in total. The maximum atomic E-state index is 5.46. The van der Waals surface area contributed by atoms with Gasteiger partial charge in [-0.1, -0.05) is 41.3 Å². The van der Waals surface area contributed by atoms with E-state index in [0.717, 1.165) is 41.7 Å². The molecule has 0 radical (unpaired) electrons. The maximum absolute atomic E-state index is 5.46. The molecule has 0 aliphatic heterocycles. The van der Waals surface area contributed by atoms with Gasteiger partial charge in [-0.2, -0.15) is 0 Å². The number of nitrogens with zero attached hydrogens (tertiary/aromatic N) is 3. The van der Waals surface area contributed by atoms with Gasteiger partial charge in [0.2, 0.25) is 0 Å². The number of hydrogen-bond donors (Lipinski definition) is 0. The van der Waals surface area contributed by atoms with Crippen LogP contribution in [0.1, 0.15) is 5.69 Å². The number of aromatic nitrogens is 3. The SMILES string of the molecule is COc1ccc(-c2nc(CSc3nn(-c4ccccc4)c(=S)s3)cs2)cc1. The molecule has 0 amide bonds. The topological polar surface area (TPSA) is 39.9 Å². The summed E-state index contributed by atoms with van der Waals surface area (Å²) in [6.07, 6.45) is 0. The van der Waals surface area contributed by atoms with Gasteiger partial charge >= 0.3 is 0 Å². The number of para-hydroxylation sites is 1. The molecule has 0 aliphatic rings. The molecule has 2 aromatic carbocycles. The van der Waals surface area contributed by atoms with Gasteiger partial charge in [-0.25, -0.2) is 9.67 Å². The van der Waals surface area contributed by atoms with Gasteiger partial charge in [0.25, 0.3) is 0 Å². The number of thioether (sulfide) groups is 1. The number of benzene rings is 2. The molecule has 27 heavy (non-hydrogen) atoms. The molecular weight excluding hydrogens is 414 g/mol. The Balaban J connectivity index is 1.45. The summed E-state index contributed by atoms with van der Waals surface area (Å²) in [5, 5.41) is 7.74. The Bertz CT molecular complexity index is 1080. The standard InChI is InChI=1S/C19H15N3OS4/c1-23-16-9-7-13(8-10-16)17-20-14(11-25-17)12-26-18-21-22(19(24)27-18)15-5-3-2-4-6-15/h2-11H,12H2,1H3. The predicted molar refractivity (Wildman–Crippen MR) is 116 cm³/mol. The first kappa shape index (κ1) is 18.4. The van der Waals surface area contributed by atoms with Gasteiger partial charge in [0.1, 0.15) is 10.8 Å². The summed E-state index contributed by atoms with van der Waals surface area (Å²) in [6.45, 7) is 0. The average Bonchev–Trinajstić information content (AvgIpc) is 3.34. The fourth-order valence-electron chi connectivity index (χ4n) is 2.43. The van der Waals surface area contributed by atoms with Crippen LogP contribution in [0.3, 0.4) is 0 Å². The molecule has 0 spiro atoms. The lowest BCUT2D eigenvalue weighted by Crippen LogP contribution is -1.95. The van der Waals surface area contributed by atoms with Crippen molar-refractivity contribution in [3.63, 3.8) is 0 Å². The van der Waals surface area contributed by atoms with E-state index in [9.17, 15) is 0 Å². The number of thiazole rings is 1. The van der Waals surface area contributed by atoms with Gasteiger partial charge in [-0.15, -0.1) is 16.4 Å². The van der Waals surface area contributed by atoms with Crippen LogP contribution in [-0.2, 0) is 5.75 Å². The summed E-state index contributed by atoms with van der Waals surface area (Å²) in [4.78, 5) is 4.74. The second-order valence-electron chi connectivity index (χ2n) is 5.54. The van der Waals surface area contributed by atoms with Crippen molar-refractivity contribution >= 4 is 46.7 Å². The minimum absolute atomic E-state index is 0.751. The van der Waals surface area contributed by atoms with Crippen LogP contribution in [0, 0.1) is 3.95 Å². The van der Waals surface area contributed by atoms with Gasteiger partial charge in [0.15, 0.2) is 8.29 Å². The highest BCUT2D eigenvalue weighted by Gasteiger charge is 2.09. The zero-order valence-electron chi connectivity index (χ0n) is 14.4. The van der Waals surface area contributed by atoms with Crippen LogP contribution < -0.4 is 4.74 Å². The first-order chi connectivity index (χ1) is 13.2. The van der Waals surface area contributed by atoms with Gasteiger partial charge in [-0.05, 0) is 48.6 Å². The van der Waals surface area contributed by atoms with E-state index in [1.807, 2.05) is 59.3 Å². The fraction of sp³-hybridized carbons (Fsp3) is 0.105. The zero-order valence-corrected chi connectivity index (χ0v) is 17.6. The lowest BCUT2D eigenvalue weighted by Gasteiger charge is -2.00. The van der Waals surface area contributed by atoms with Crippen molar-refractivity contribution < 1.29 is 4.74 Å². The van der Waals surface area contributed by atoms with Gasteiger partial charge in [0.05, 0.1) is 18.5 Å². The lowest BCUT2D eigenvalue weighted by atomic mass is 10.2. The molecule has 0 atom stereocenters. The van der Waals surface area contributed by atoms with Crippen molar-refractivity contribution in [1.82, 2.24) is 14.8 Å². The molecule has 0 aliphatic carbocycles. The first-order valence-electron chi connectivity index (χ1n) is 8.10. The van der Waals surface area contributed by atoms with E-state index in [4.69, 9.17) is 21.9 Å². The average molecular weight is 430 g/mol. The first-order valence-corrected chi connectivity index (χ1v) is 11.2. The van der Waals surface area contributed by atoms with E-state index < -0.39 is 0 Å².